The molecule has 1 saturated carbocycles. The summed E-state index contributed by atoms with van der Waals surface area (Å²) in [5.41, 5.74) is 2.81. The third-order valence-electron chi connectivity index (χ3n) is 6.97. The van der Waals surface area contributed by atoms with E-state index in [1.54, 1.807) is 0 Å². The summed E-state index contributed by atoms with van der Waals surface area (Å²) in [6.07, 6.45) is 8.32. The predicted octanol–water partition coefficient (Wildman–Crippen LogP) is 5.51. The first-order valence-electron chi connectivity index (χ1n) is 11.0. The largest absolute Gasteiger partial charge is 0.481 e. The van der Waals surface area contributed by atoms with E-state index in [4.69, 9.17) is 5.11 Å². The molecule has 1 N–H and O–H groups in total. The maximum absolute atomic E-state index is 11.1. The van der Waals surface area contributed by atoms with Gasteiger partial charge in [0, 0.05) is 6.54 Å². The molecule has 1 aliphatic carbocycles. The van der Waals surface area contributed by atoms with E-state index >= 15 is 0 Å². The average Bonchev–Trinajstić information content (AvgIpc) is 2.70. The van der Waals surface area contributed by atoms with Crippen molar-refractivity contribution in [2.75, 3.05) is 13.1 Å². The number of hydrogen-bond donors (Lipinski definition) is 1. The van der Waals surface area contributed by atoms with Gasteiger partial charge in [0.25, 0.3) is 0 Å². The maximum atomic E-state index is 11.1. The molecule has 2 aromatic carbocycles. The van der Waals surface area contributed by atoms with Crippen LogP contribution in [0.25, 0.3) is 10.8 Å². The monoisotopic (exact) mass is 379 g/mol. The van der Waals surface area contributed by atoms with Crippen LogP contribution in [-0.2, 0) is 17.8 Å². The Morgan fingerprint density at radius 2 is 1.54 bits per heavy atom. The van der Waals surface area contributed by atoms with Crippen molar-refractivity contribution in [1.82, 2.24) is 4.90 Å². The summed E-state index contributed by atoms with van der Waals surface area (Å²) < 4.78 is 0. The smallest absolute Gasteiger partial charge is 0.306 e. The average molecular weight is 380 g/mol. The molecule has 2 aromatic rings. The fourth-order valence-electron chi connectivity index (χ4n) is 5.03. The number of rotatable bonds is 5. The van der Waals surface area contributed by atoms with Crippen LogP contribution < -0.4 is 0 Å². The van der Waals surface area contributed by atoms with Crippen LogP contribution in [0.4, 0.5) is 0 Å². The third-order valence-corrected chi connectivity index (χ3v) is 6.97. The van der Waals surface area contributed by atoms with Crippen molar-refractivity contribution >= 4 is 16.7 Å². The van der Waals surface area contributed by atoms with Crippen molar-refractivity contribution < 1.29 is 9.90 Å². The lowest BCUT2D eigenvalue weighted by Crippen LogP contribution is -2.35. The van der Waals surface area contributed by atoms with Gasteiger partial charge in [0.1, 0.15) is 0 Å². The Bertz CT molecular complexity index is 814. The molecule has 3 nitrogen and oxygen atoms in total. The van der Waals surface area contributed by atoms with Crippen LogP contribution in [0.2, 0.25) is 0 Å². The molecule has 28 heavy (non-hydrogen) atoms. The molecule has 1 heterocycles. The number of fused-ring (bicyclic) bond motifs is 1. The molecule has 0 bridgehead atoms. The molecule has 0 radical (unpaired) electrons. The number of benzene rings is 2. The van der Waals surface area contributed by atoms with Crippen LogP contribution in [0.5, 0.6) is 0 Å². The number of nitrogens with zero attached hydrogens (tertiary/aromatic N) is 1. The molecular formula is C25H33NO2. The highest BCUT2D eigenvalue weighted by atomic mass is 16.4. The fourth-order valence-corrected chi connectivity index (χ4v) is 5.03. The zero-order chi connectivity index (χ0) is 19.5. The van der Waals surface area contributed by atoms with Gasteiger partial charge in [-0.15, -0.1) is 0 Å². The van der Waals surface area contributed by atoms with Gasteiger partial charge in [0.05, 0.1) is 5.92 Å². The number of carbonyl (C=O) groups is 1. The summed E-state index contributed by atoms with van der Waals surface area (Å²) in [5, 5.41) is 11.8. The second kappa shape index (κ2) is 8.65. The fraction of sp³-hybridized carbons (Fsp3) is 0.560. The highest BCUT2D eigenvalue weighted by molar-refractivity contribution is 5.83. The molecule has 4 rings (SSSR count). The van der Waals surface area contributed by atoms with E-state index in [-0.39, 0.29) is 5.92 Å². The molecule has 1 saturated heterocycles. The number of hydrogen-bond acceptors (Lipinski definition) is 2. The van der Waals surface area contributed by atoms with Gasteiger partial charge < -0.3 is 5.11 Å². The molecule has 3 heteroatoms. The zero-order valence-corrected chi connectivity index (χ0v) is 17.1. The molecular weight excluding hydrogens is 346 g/mol. The summed E-state index contributed by atoms with van der Waals surface area (Å²) in [6.45, 7) is 5.07. The lowest BCUT2D eigenvalue weighted by atomic mass is 9.80. The molecule has 2 aliphatic rings. The standard InChI is InChI=1S/C25H33NO2/c1-18-2-4-19(5-3-18)14-20-6-8-24-16-21(7-9-23(24)15-20)17-26-12-10-22(11-13-26)25(27)28/h6-9,15-16,18-19,22H,2-5,10-14,17H2,1H3,(H,27,28). The summed E-state index contributed by atoms with van der Waals surface area (Å²) in [6, 6.07) is 13.8. The summed E-state index contributed by atoms with van der Waals surface area (Å²) in [4.78, 5) is 13.5. The van der Waals surface area contributed by atoms with E-state index in [9.17, 15) is 4.79 Å². The molecule has 0 spiro atoms. The van der Waals surface area contributed by atoms with Crippen molar-refractivity contribution in [2.24, 2.45) is 17.8 Å². The Morgan fingerprint density at radius 3 is 2.18 bits per heavy atom. The third kappa shape index (κ3) is 4.75. The lowest BCUT2D eigenvalue weighted by molar-refractivity contribution is -0.143. The number of piperidine rings is 1. The Morgan fingerprint density at radius 1 is 0.929 bits per heavy atom. The van der Waals surface area contributed by atoms with E-state index in [1.165, 1.54) is 54.0 Å². The number of carboxylic acid groups (broad SMARTS) is 1. The van der Waals surface area contributed by atoms with Crippen molar-refractivity contribution in [3.05, 3.63) is 47.5 Å². The Kier molecular flexibility index (Phi) is 6.01. The minimum atomic E-state index is -0.635. The van der Waals surface area contributed by atoms with Crippen molar-refractivity contribution in [2.45, 2.75) is 58.4 Å². The van der Waals surface area contributed by atoms with Crippen LogP contribution in [0.3, 0.4) is 0 Å². The van der Waals surface area contributed by atoms with E-state index in [1.807, 2.05) is 0 Å². The van der Waals surface area contributed by atoms with Gasteiger partial charge in [0.2, 0.25) is 0 Å². The second-order valence-corrected chi connectivity index (χ2v) is 9.23. The van der Waals surface area contributed by atoms with E-state index in [2.05, 4.69) is 48.2 Å². The first-order valence-corrected chi connectivity index (χ1v) is 11.0. The van der Waals surface area contributed by atoms with Gasteiger partial charge in [-0.1, -0.05) is 50.1 Å². The number of carboxylic acids is 1. The Balaban J connectivity index is 1.37. The van der Waals surface area contributed by atoms with Gasteiger partial charge in [-0.2, -0.15) is 0 Å². The van der Waals surface area contributed by atoms with Crippen LogP contribution in [0.15, 0.2) is 36.4 Å². The van der Waals surface area contributed by atoms with Crippen molar-refractivity contribution in [1.29, 1.82) is 0 Å². The van der Waals surface area contributed by atoms with Gasteiger partial charge >= 0.3 is 5.97 Å². The van der Waals surface area contributed by atoms with Gasteiger partial charge in [-0.25, -0.2) is 0 Å². The minimum Gasteiger partial charge on any atom is -0.481 e. The topological polar surface area (TPSA) is 40.5 Å². The van der Waals surface area contributed by atoms with Crippen molar-refractivity contribution in [3.63, 3.8) is 0 Å². The normalized spacial score (nSPS) is 24.5. The lowest BCUT2D eigenvalue weighted by Gasteiger charge is -2.30. The van der Waals surface area contributed by atoms with Gasteiger partial charge in [-0.05, 0) is 85.0 Å². The van der Waals surface area contributed by atoms with Gasteiger partial charge in [-0.3, -0.25) is 9.69 Å². The molecule has 1 aliphatic heterocycles. The number of likely N-dealkylation sites (tertiary alicyclic amines) is 1. The first kappa shape index (κ1) is 19.4. The minimum absolute atomic E-state index is 0.154. The van der Waals surface area contributed by atoms with Crippen LogP contribution in [0.1, 0.15) is 56.6 Å². The highest BCUT2D eigenvalue weighted by Crippen LogP contribution is 2.31. The molecule has 2 fully saturated rings. The SMILES string of the molecule is CC1CCC(Cc2ccc3cc(CN4CCC(C(=O)O)CC4)ccc3c2)CC1. The Labute approximate surface area is 168 Å². The summed E-state index contributed by atoms with van der Waals surface area (Å²) in [5.74, 6) is 0.991. The molecule has 0 unspecified atom stereocenters. The molecule has 0 aromatic heterocycles. The quantitative estimate of drug-likeness (QED) is 0.745. The van der Waals surface area contributed by atoms with E-state index in [0.717, 1.165) is 44.3 Å². The summed E-state index contributed by atoms with van der Waals surface area (Å²) in [7, 11) is 0. The molecule has 150 valence electrons. The van der Waals surface area contributed by atoms with E-state index in [0.29, 0.717) is 0 Å². The highest BCUT2D eigenvalue weighted by Gasteiger charge is 2.24. The van der Waals surface area contributed by atoms with Gasteiger partial charge in [0.15, 0.2) is 0 Å². The summed E-state index contributed by atoms with van der Waals surface area (Å²) >= 11 is 0. The molecule has 0 amide bonds. The maximum Gasteiger partial charge on any atom is 0.306 e. The second-order valence-electron chi connectivity index (χ2n) is 9.23. The Hall–Kier alpha value is -1.87. The van der Waals surface area contributed by atoms with Crippen molar-refractivity contribution in [3.8, 4) is 0 Å². The van der Waals surface area contributed by atoms with E-state index < -0.39 is 5.97 Å². The van der Waals surface area contributed by atoms with Crippen LogP contribution in [0, 0.1) is 17.8 Å². The van der Waals surface area contributed by atoms with Crippen LogP contribution >= 0.6 is 0 Å². The number of aliphatic carboxylic acids is 1. The predicted molar refractivity (Wildman–Crippen MR) is 114 cm³/mol. The first-order chi connectivity index (χ1) is 13.6. The zero-order valence-electron chi connectivity index (χ0n) is 17.1. The molecule has 0 atom stereocenters. The van der Waals surface area contributed by atoms with Crippen LogP contribution in [-0.4, -0.2) is 29.1 Å².